The van der Waals surface area contributed by atoms with Crippen LogP contribution in [0.25, 0.3) is 16.6 Å². The van der Waals surface area contributed by atoms with Crippen molar-refractivity contribution in [3.8, 4) is 5.69 Å². The number of Topliss-reactive ketones (excluding diaryl/α,β-unsaturated/α-hetero) is 2. The molecule has 0 saturated heterocycles. The molecular formula is C26H25N3O3S. The molecule has 33 heavy (non-hydrogen) atoms. The minimum absolute atomic E-state index is 0.0760. The molecule has 2 aromatic heterocycles. The summed E-state index contributed by atoms with van der Waals surface area (Å²) in [5.74, 6) is -0.149. The van der Waals surface area contributed by atoms with Gasteiger partial charge in [0, 0.05) is 11.3 Å². The van der Waals surface area contributed by atoms with E-state index in [2.05, 4.69) is 4.98 Å². The molecule has 0 amide bonds. The van der Waals surface area contributed by atoms with Gasteiger partial charge in [-0.15, -0.1) is 0 Å². The van der Waals surface area contributed by atoms with Gasteiger partial charge >= 0.3 is 0 Å². The first-order chi connectivity index (χ1) is 15.7. The summed E-state index contributed by atoms with van der Waals surface area (Å²) in [6.07, 6.45) is 0. The average Bonchev–Trinajstić information content (AvgIpc) is 3.08. The Balaban J connectivity index is 1.79. The van der Waals surface area contributed by atoms with Crippen LogP contribution in [0.15, 0.2) is 52.4 Å². The second-order valence-electron chi connectivity index (χ2n) is 8.16. The fraction of sp³-hybridized carbons (Fsp3) is 0.231. The van der Waals surface area contributed by atoms with Crippen molar-refractivity contribution in [3.05, 3.63) is 86.5 Å². The van der Waals surface area contributed by atoms with Crippen molar-refractivity contribution in [1.82, 2.24) is 14.5 Å². The lowest BCUT2D eigenvalue weighted by molar-refractivity contribution is 0.101. The monoisotopic (exact) mass is 459 g/mol. The molecule has 4 rings (SSSR count). The first-order valence-electron chi connectivity index (χ1n) is 10.6. The van der Waals surface area contributed by atoms with Gasteiger partial charge in [0.15, 0.2) is 16.7 Å². The number of para-hydroxylation sites is 1. The molecule has 0 saturated carbocycles. The minimum atomic E-state index is -0.171. The normalized spacial score (nSPS) is 11.2. The highest BCUT2D eigenvalue weighted by molar-refractivity contribution is 7.99. The molecule has 0 spiro atoms. The number of nitrogens with zero attached hydrogens (tertiary/aromatic N) is 2. The number of aromatic amines is 1. The van der Waals surface area contributed by atoms with Crippen LogP contribution in [0.3, 0.4) is 0 Å². The van der Waals surface area contributed by atoms with E-state index in [-0.39, 0.29) is 22.9 Å². The molecule has 168 valence electrons. The zero-order chi connectivity index (χ0) is 23.9. The van der Waals surface area contributed by atoms with Gasteiger partial charge in [-0.3, -0.25) is 19.0 Å². The van der Waals surface area contributed by atoms with Crippen molar-refractivity contribution in [2.45, 2.75) is 39.8 Å². The summed E-state index contributed by atoms with van der Waals surface area (Å²) in [6.45, 7) is 9.03. The van der Waals surface area contributed by atoms with Gasteiger partial charge in [0.25, 0.3) is 5.56 Å². The molecular weight excluding hydrogens is 434 g/mol. The van der Waals surface area contributed by atoms with E-state index in [4.69, 9.17) is 4.98 Å². The lowest BCUT2D eigenvalue weighted by Gasteiger charge is -2.16. The predicted molar refractivity (Wildman–Crippen MR) is 132 cm³/mol. The van der Waals surface area contributed by atoms with E-state index in [1.807, 2.05) is 44.2 Å². The van der Waals surface area contributed by atoms with Crippen molar-refractivity contribution in [3.63, 3.8) is 0 Å². The fourth-order valence-electron chi connectivity index (χ4n) is 4.16. The molecule has 0 fully saturated rings. The number of aromatic nitrogens is 3. The van der Waals surface area contributed by atoms with Gasteiger partial charge in [-0.1, -0.05) is 36.0 Å². The lowest BCUT2D eigenvalue weighted by atomic mass is 10.1. The Morgan fingerprint density at radius 2 is 1.73 bits per heavy atom. The van der Waals surface area contributed by atoms with Crippen LogP contribution in [0.1, 0.15) is 50.2 Å². The summed E-state index contributed by atoms with van der Waals surface area (Å²) in [5, 5.41) is 0.976. The summed E-state index contributed by atoms with van der Waals surface area (Å²) in [4.78, 5) is 46.3. The quantitative estimate of drug-likeness (QED) is 0.246. The van der Waals surface area contributed by atoms with Gasteiger partial charge in [0.05, 0.1) is 28.0 Å². The maximum Gasteiger partial charge on any atom is 0.266 e. The number of carbonyl (C=O) groups is 2. The summed E-state index contributed by atoms with van der Waals surface area (Å²) < 4.78 is 1.59. The van der Waals surface area contributed by atoms with Gasteiger partial charge < -0.3 is 4.98 Å². The summed E-state index contributed by atoms with van der Waals surface area (Å²) in [7, 11) is 0. The number of nitrogens with one attached hydrogen (secondary N) is 1. The van der Waals surface area contributed by atoms with Crippen LogP contribution in [0.5, 0.6) is 0 Å². The van der Waals surface area contributed by atoms with Crippen LogP contribution in [0.4, 0.5) is 0 Å². The average molecular weight is 460 g/mol. The fourth-order valence-corrected chi connectivity index (χ4v) is 5.04. The number of aryl methyl sites for hydroxylation is 2. The van der Waals surface area contributed by atoms with E-state index in [0.717, 1.165) is 16.8 Å². The molecule has 0 aliphatic heterocycles. The number of rotatable bonds is 6. The zero-order valence-corrected chi connectivity index (χ0v) is 20.1. The van der Waals surface area contributed by atoms with E-state index in [0.29, 0.717) is 38.6 Å². The molecule has 0 atom stereocenters. The van der Waals surface area contributed by atoms with E-state index >= 15 is 0 Å². The van der Waals surface area contributed by atoms with Crippen LogP contribution in [0.2, 0.25) is 0 Å². The van der Waals surface area contributed by atoms with Gasteiger partial charge in [0.2, 0.25) is 0 Å². The summed E-state index contributed by atoms with van der Waals surface area (Å²) >= 11 is 1.22. The Bertz CT molecular complexity index is 1480. The van der Waals surface area contributed by atoms with Crippen molar-refractivity contribution < 1.29 is 9.59 Å². The third kappa shape index (κ3) is 4.04. The van der Waals surface area contributed by atoms with E-state index in [9.17, 15) is 14.4 Å². The second-order valence-corrected chi connectivity index (χ2v) is 9.11. The molecule has 0 radical (unpaired) electrons. The number of ketones is 2. The van der Waals surface area contributed by atoms with Gasteiger partial charge in [-0.25, -0.2) is 4.98 Å². The number of H-pyrrole nitrogens is 1. The number of benzene rings is 2. The molecule has 6 nitrogen and oxygen atoms in total. The predicted octanol–water partition coefficient (Wildman–Crippen LogP) is 5.13. The van der Waals surface area contributed by atoms with Crippen molar-refractivity contribution in [2.24, 2.45) is 0 Å². The highest BCUT2D eigenvalue weighted by atomic mass is 32.2. The Kier molecular flexibility index (Phi) is 6.08. The molecule has 0 unspecified atom stereocenters. The minimum Gasteiger partial charge on any atom is -0.355 e. The third-order valence-electron chi connectivity index (χ3n) is 5.96. The number of fused-ring (bicyclic) bond motifs is 1. The van der Waals surface area contributed by atoms with Crippen molar-refractivity contribution in [2.75, 3.05) is 5.75 Å². The molecule has 2 heterocycles. The molecule has 1 N–H and O–H groups in total. The Hall–Kier alpha value is -3.45. The first-order valence-corrected chi connectivity index (χ1v) is 11.6. The summed E-state index contributed by atoms with van der Waals surface area (Å²) in [6, 6.07) is 13.0. The second kappa shape index (κ2) is 8.83. The highest BCUT2D eigenvalue weighted by Gasteiger charge is 2.21. The maximum absolute atomic E-state index is 13.5. The number of carbonyl (C=O) groups excluding carboxylic acids is 2. The van der Waals surface area contributed by atoms with Crippen molar-refractivity contribution in [1.29, 1.82) is 0 Å². The molecule has 0 aliphatic rings. The van der Waals surface area contributed by atoms with Gasteiger partial charge in [-0.05, 0) is 69.5 Å². The largest absolute Gasteiger partial charge is 0.355 e. The smallest absolute Gasteiger partial charge is 0.266 e. The summed E-state index contributed by atoms with van der Waals surface area (Å²) in [5.41, 5.74) is 5.53. The molecule has 7 heteroatoms. The maximum atomic E-state index is 13.5. The first kappa shape index (κ1) is 22.7. The standard InChI is InChI=1S/C26H25N3O3S/c1-14-9-8-12-21(15(14)2)29-25(32)19-10-6-7-11-20(19)28-26(29)33-13-22(31)24-16(3)23(18(5)30)17(4)27-24/h6-12,27H,13H2,1-5H3. The third-order valence-corrected chi connectivity index (χ3v) is 6.90. The van der Waals surface area contributed by atoms with Crippen LogP contribution in [-0.4, -0.2) is 31.9 Å². The van der Waals surface area contributed by atoms with Crippen LogP contribution >= 0.6 is 11.8 Å². The molecule has 2 aromatic carbocycles. The molecule has 4 aromatic rings. The van der Waals surface area contributed by atoms with Gasteiger partial charge in [-0.2, -0.15) is 0 Å². The van der Waals surface area contributed by atoms with Crippen molar-refractivity contribution >= 4 is 34.2 Å². The van der Waals surface area contributed by atoms with Gasteiger partial charge in [0.1, 0.15) is 0 Å². The number of thioether (sulfide) groups is 1. The number of hydrogen-bond donors (Lipinski definition) is 1. The van der Waals surface area contributed by atoms with E-state index < -0.39 is 0 Å². The topological polar surface area (TPSA) is 84.8 Å². The molecule has 0 bridgehead atoms. The Morgan fingerprint density at radius 1 is 1.00 bits per heavy atom. The Morgan fingerprint density at radius 3 is 2.42 bits per heavy atom. The van der Waals surface area contributed by atoms with Crippen LogP contribution in [0, 0.1) is 27.7 Å². The SMILES string of the molecule is CC(=O)c1c(C)[nH]c(C(=O)CSc2nc3ccccc3c(=O)n2-c2cccc(C)c2C)c1C. The van der Waals surface area contributed by atoms with E-state index in [1.54, 1.807) is 30.5 Å². The highest BCUT2D eigenvalue weighted by Crippen LogP contribution is 2.26. The molecule has 0 aliphatic carbocycles. The zero-order valence-electron chi connectivity index (χ0n) is 19.3. The van der Waals surface area contributed by atoms with Crippen LogP contribution in [-0.2, 0) is 0 Å². The Labute approximate surface area is 196 Å². The number of hydrogen-bond acceptors (Lipinski definition) is 5. The van der Waals surface area contributed by atoms with E-state index in [1.165, 1.54) is 18.7 Å². The lowest BCUT2D eigenvalue weighted by Crippen LogP contribution is -2.23. The van der Waals surface area contributed by atoms with Crippen LogP contribution < -0.4 is 5.56 Å².